The molecule has 1 atom stereocenters. The molecule has 2 nitrogen and oxygen atoms in total. The third-order valence-electron chi connectivity index (χ3n) is 2.39. The zero-order valence-corrected chi connectivity index (χ0v) is 9.32. The second-order valence-electron chi connectivity index (χ2n) is 4.03. The van der Waals surface area contributed by atoms with E-state index in [1.807, 2.05) is 45.0 Å². The number of carbonyl (C=O) groups excluding carboxylic acids is 1. The Hall–Kier alpha value is -1.62. The molecule has 0 N–H and O–H groups in total. The number of hydrogen-bond acceptors (Lipinski definition) is 2. The van der Waals surface area contributed by atoms with E-state index in [9.17, 15) is 4.79 Å². The lowest BCUT2D eigenvalue weighted by Gasteiger charge is -2.11. The van der Waals surface area contributed by atoms with Gasteiger partial charge in [-0.05, 0) is 12.5 Å². The molecular formula is C13H15NO. The van der Waals surface area contributed by atoms with Gasteiger partial charge in [-0.2, -0.15) is 5.26 Å². The molecule has 0 saturated heterocycles. The lowest BCUT2D eigenvalue weighted by Crippen LogP contribution is -2.16. The Morgan fingerprint density at radius 2 is 1.80 bits per heavy atom. The highest BCUT2D eigenvalue weighted by Gasteiger charge is 2.22. The van der Waals surface area contributed by atoms with Crippen LogP contribution in [0.2, 0.25) is 0 Å². The van der Waals surface area contributed by atoms with Crippen molar-refractivity contribution in [3.63, 3.8) is 0 Å². The summed E-state index contributed by atoms with van der Waals surface area (Å²) in [6, 6.07) is 9.62. The van der Waals surface area contributed by atoms with E-state index in [2.05, 4.69) is 6.07 Å². The molecular weight excluding hydrogens is 186 g/mol. The van der Waals surface area contributed by atoms with E-state index < -0.39 is 5.92 Å². The number of Topliss-reactive ketones (excluding diaryl/α,β-unsaturated/α-hetero) is 1. The lowest BCUT2D eigenvalue weighted by molar-refractivity contribution is -0.122. The molecule has 0 aliphatic rings. The highest BCUT2D eigenvalue weighted by Crippen LogP contribution is 2.20. The minimum Gasteiger partial charge on any atom is -0.298 e. The zero-order chi connectivity index (χ0) is 11.4. The predicted octanol–water partition coefficient (Wildman–Crippen LogP) is 2.83. The van der Waals surface area contributed by atoms with Crippen LogP contribution in [-0.2, 0) is 4.79 Å². The van der Waals surface area contributed by atoms with Crippen LogP contribution >= 0.6 is 0 Å². The van der Waals surface area contributed by atoms with Gasteiger partial charge in [-0.3, -0.25) is 4.79 Å². The summed E-state index contributed by atoms with van der Waals surface area (Å²) in [6.07, 6.45) is 0. The molecule has 0 bridgehead atoms. The third kappa shape index (κ3) is 2.66. The fourth-order valence-electron chi connectivity index (χ4n) is 1.39. The second-order valence-corrected chi connectivity index (χ2v) is 4.03. The summed E-state index contributed by atoms with van der Waals surface area (Å²) >= 11 is 0. The van der Waals surface area contributed by atoms with E-state index in [4.69, 9.17) is 5.26 Å². The summed E-state index contributed by atoms with van der Waals surface area (Å²) in [5.41, 5.74) is 1.93. The Morgan fingerprint density at radius 1 is 1.27 bits per heavy atom. The van der Waals surface area contributed by atoms with Crippen LogP contribution < -0.4 is 0 Å². The number of hydrogen-bond donors (Lipinski definition) is 0. The molecule has 1 aromatic carbocycles. The molecule has 0 heterocycles. The predicted molar refractivity (Wildman–Crippen MR) is 59.4 cm³/mol. The first-order chi connectivity index (χ1) is 7.06. The van der Waals surface area contributed by atoms with Crippen molar-refractivity contribution in [1.82, 2.24) is 0 Å². The largest absolute Gasteiger partial charge is 0.298 e. The van der Waals surface area contributed by atoms with Crippen molar-refractivity contribution in [2.75, 3.05) is 0 Å². The molecule has 0 fully saturated rings. The SMILES string of the molecule is Cc1ccc([C@H](C#N)C(=O)C(C)C)cc1. The van der Waals surface area contributed by atoms with E-state index >= 15 is 0 Å². The molecule has 0 aromatic heterocycles. The highest BCUT2D eigenvalue weighted by molar-refractivity contribution is 5.89. The van der Waals surface area contributed by atoms with Gasteiger partial charge in [0.1, 0.15) is 5.92 Å². The van der Waals surface area contributed by atoms with Crippen molar-refractivity contribution in [3.05, 3.63) is 35.4 Å². The molecule has 1 rings (SSSR count). The van der Waals surface area contributed by atoms with Gasteiger partial charge in [-0.25, -0.2) is 0 Å². The van der Waals surface area contributed by atoms with E-state index in [1.165, 1.54) is 0 Å². The van der Waals surface area contributed by atoms with E-state index in [0.717, 1.165) is 11.1 Å². The first-order valence-electron chi connectivity index (χ1n) is 5.06. The molecule has 0 spiro atoms. The van der Waals surface area contributed by atoms with Crippen LogP contribution in [0.15, 0.2) is 24.3 Å². The Bertz CT molecular complexity index is 384. The molecule has 2 heteroatoms. The number of ketones is 1. The lowest BCUT2D eigenvalue weighted by atomic mass is 9.90. The Morgan fingerprint density at radius 3 is 2.20 bits per heavy atom. The first-order valence-corrected chi connectivity index (χ1v) is 5.06. The number of benzene rings is 1. The quantitative estimate of drug-likeness (QED) is 0.754. The molecule has 78 valence electrons. The maximum atomic E-state index is 11.7. The smallest absolute Gasteiger partial charge is 0.156 e. The molecule has 0 aliphatic carbocycles. The molecule has 0 radical (unpaired) electrons. The van der Waals surface area contributed by atoms with Gasteiger partial charge in [-0.1, -0.05) is 43.7 Å². The highest BCUT2D eigenvalue weighted by atomic mass is 16.1. The summed E-state index contributed by atoms with van der Waals surface area (Å²) in [5.74, 6) is -0.733. The fraction of sp³-hybridized carbons (Fsp3) is 0.385. The van der Waals surface area contributed by atoms with Crippen molar-refractivity contribution in [2.24, 2.45) is 5.92 Å². The summed E-state index contributed by atoms with van der Waals surface area (Å²) in [7, 11) is 0. The van der Waals surface area contributed by atoms with Crippen LogP contribution in [0.5, 0.6) is 0 Å². The molecule has 1 aromatic rings. The Kier molecular flexibility index (Phi) is 3.62. The number of carbonyl (C=O) groups is 1. The van der Waals surface area contributed by atoms with Gasteiger partial charge >= 0.3 is 0 Å². The van der Waals surface area contributed by atoms with Crippen LogP contribution in [0.3, 0.4) is 0 Å². The number of rotatable bonds is 3. The van der Waals surface area contributed by atoms with Crippen LogP contribution in [0.25, 0.3) is 0 Å². The van der Waals surface area contributed by atoms with Crippen molar-refractivity contribution < 1.29 is 4.79 Å². The minimum atomic E-state index is -0.620. The summed E-state index contributed by atoms with van der Waals surface area (Å²) in [6.45, 7) is 5.62. The Balaban J connectivity index is 2.99. The van der Waals surface area contributed by atoms with Crippen molar-refractivity contribution in [2.45, 2.75) is 26.7 Å². The molecule has 0 amide bonds. The topological polar surface area (TPSA) is 40.9 Å². The monoisotopic (exact) mass is 201 g/mol. The van der Waals surface area contributed by atoms with Gasteiger partial charge < -0.3 is 0 Å². The van der Waals surface area contributed by atoms with Gasteiger partial charge in [0.2, 0.25) is 0 Å². The van der Waals surface area contributed by atoms with Crippen molar-refractivity contribution >= 4 is 5.78 Å². The van der Waals surface area contributed by atoms with E-state index in [0.29, 0.717) is 0 Å². The number of nitrogens with zero attached hydrogens (tertiary/aromatic N) is 1. The molecule has 0 aliphatic heterocycles. The van der Waals surface area contributed by atoms with Crippen LogP contribution in [0.1, 0.15) is 30.9 Å². The average Bonchev–Trinajstić information content (AvgIpc) is 2.21. The summed E-state index contributed by atoms with van der Waals surface area (Å²) < 4.78 is 0. The van der Waals surface area contributed by atoms with Crippen LogP contribution in [0, 0.1) is 24.2 Å². The molecule has 15 heavy (non-hydrogen) atoms. The van der Waals surface area contributed by atoms with E-state index in [1.54, 1.807) is 0 Å². The molecule has 0 unspecified atom stereocenters. The minimum absolute atomic E-state index is 0.0126. The van der Waals surface area contributed by atoms with E-state index in [-0.39, 0.29) is 11.7 Å². The standard InChI is InChI=1S/C13H15NO/c1-9(2)13(15)12(8-14)11-6-4-10(3)5-7-11/h4-7,9,12H,1-3H3/t12-/m0/s1. The van der Waals surface area contributed by atoms with Crippen molar-refractivity contribution in [3.8, 4) is 6.07 Å². The van der Waals surface area contributed by atoms with Crippen molar-refractivity contribution in [1.29, 1.82) is 5.26 Å². The zero-order valence-electron chi connectivity index (χ0n) is 9.32. The van der Waals surface area contributed by atoms with Gasteiger partial charge in [0.05, 0.1) is 6.07 Å². The maximum absolute atomic E-state index is 11.7. The Labute approximate surface area is 90.5 Å². The molecule has 0 saturated carbocycles. The van der Waals surface area contributed by atoms with Gasteiger partial charge in [-0.15, -0.1) is 0 Å². The van der Waals surface area contributed by atoms with Gasteiger partial charge in [0.15, 0.2) is 5.78 Å². The fourth-order valence-corrected chi connectivity index (χ4v) is 1.39. The first kappa shape index (κ1) is 11.5. The van der Waals surface area contributed by atoms with Crippen LogP contribution in [0.4, 0.5) is 0 Å². The normalized spacial score (nSPS) is 12.2. The average molecular weight is 201 g/mol. The number of nitriles is 1. The number of aryl methyl sites for hydroxylation is 1. The third-order valence-corrected chi connectivity index (χ3v) is 2.39. The van der Waals surface area contributed by atoms with Gasteiger partial charge in [0, 0.05) is 5.92 Å². The van der Waals surface area contributed by atoms with Gasteiger partial charge in [0.25, 0.3) is 0 Å². The van der Waals surface area contributed by atoms with Crippen LogP contribution in [-0.4, -0.2) is 5.78 Å². The summed E-state index contributed by atoms with van der Waals surface area (Å²) in [5, 5.41) is 9.00. The maximum Gasteiger partial charge on any atom is 0.156 e. The second kappa shape index (κ2) is 4.75. The summed E-state index contributed by atoms with van der Waals surface area (Å²) in [4.78, 5) is 11.7.